The molecule has 0 radical (unpaired) electrons. The van der Waals surface area contributed by atoms with E-state index in [1.54, 1.807) is 42.7 Å². The summed E-state index contributed by atoms with van der Waals surface area (Å²) in [4.78, 5) is 17.6. The fourth-order valence-corrected chi connectivity index (χ4v) is 8.22. The number of nitrogens with one attached hydrogen (secondary N) is 1. The number of carbonyl (C=O) groups is 1. The van der Waals surface area contributed by atoms with Gasteiger partial charge in [0.1, 0.15) is 5.82 Å². The molecule has 0 unspecified atom stereocenters. The lowest BCUT2D eigenvalue weighted by Crippen LogP contribution is -2.43. The maximum absolute atomic E-state index is 12.9. The smallest absolute Gasteiger partial charge is 0.377 e. The van der Waals surface area contributed by atoms with Crippen LogP contribution in [-0.4, -0.2) is 93.4 Å². The molecule has 0 fully saturated rings. The number of unbranched alkanes of at least 4 members (excludes halogenated alkanes) is 4. The van der Waals surface area contributed by atoms with Crippen molar-refractivity contribution in [2.45, 2.75) is 75.5 Å². The third kappa shape index (κ3) is 10.9. The monoisotopic (exact) mass is 566 g/mol. The van der Waals surface area contributed by atoms with E-state index in [0.29, 0.717) is 42.5 Å². The summed E-state index contributed by atoms with van der Waals surface area (Å²) in [6.45, 7) is 2.65. The van der Waals surface area contributed by atoms with E-state index < -0.39 is 17.6 Å². The number of thioether (sulfide) groups is 1. The van der Waals surface area contributed by atoms with Gasteiger partial charge in [0.2, 0.25) is 5.16 Å². The van der Waals surface area contributed by atoms with E-state index in [-0.39, 0.29) is 6.03 Å². The molecule has 0 saturated carbocycles. The maximum Gasteiger partial charge on any atom is 0.500 e. The Balaban J connectivity index is 2.73. The molecule has 1 heterocycles. The number of hydrogen-bond acceptors (Lipinski definition) is 10. The van der Waals surface area contributed by atoms with Crippen LogP contribution in [-0.2, 0) is 33.0 Å². The molecule has 1 aromatic rings. The number of aryl methyl sites for hydroxylation is 1. The normalized spacial score (nSPS) is 12.3. The van der Waals surface area contributed by atoms with Gasteiger partial charge in [0, 0.05) is 73.5 Å². The van der Waals surface area contributed by atoms with Gasteiger partial charge in [-0.05, 0) is 19.3 Å². The summed E-state index contributed by atoms with van der Waals surface area (Å²) in [5.41, 5.74) is 0. The second-order valence-electron chi connectivity index (χ2n) is 8.26. The van der Waals surface area contributed by atoms with Gasteiger partial charge in [0.05, 0.1) is 0 Å². The molecule has 0 aliphatic carbocycles. The van der Waals surface area contributed by atoms with Crippen LogP contribution < -0.4 is 5.32 Å². The van der Waals surface area contributed by atoms with Crippen molar-refractivity contribution in [3.63, 3.8) is 0 Å². The van der Waals surface area contributed by atoms with Crippen LogP contribution in [0.1, 0.15) is 57.7 Å². The Labute approximate surface area is 223 Å². The van der Waals surface area contributed by atoms with Gasteiger partial charge in [-0.1, -0.05) is 44.4 Å². The summed E-state index contributed by atoms with van der Waals surface area (Å²) in [6, 6.07) is 1.03. The number of aromatic nitrogens is 3. The molecule has 0 aliphatic heterocycles. The van der Waals surface area contributed by atoms with Crippen LogP contribution in [0.3, 0.4) is 0 Å². The molecule has 11 nitrogen and oxygen atoms in total. The molecule has 0 atom stereocenters. The molecule has 0 spiro atoms. The van der Waals surface area contributed by atoms with Crippen molar-refractivity contribution in [1.29, 1.82) is 0 Å². The Morgan fingerprint density at radius 3 is 1.94 bits per heavy atom. The molecular weight excluding hydrogens is 521 g/mol. The molecule has 0 bridgehead atoms. The predicted octanol–water partition coefficient (Wildman–Crippen LogP) is 3.98. The van der Waals surface area contributed by atoms with E-state index >= 15 is 0 Å². The minimum absolute atomic E-state index is 0.276. The third-order valence-electron chi connectivity index (χ3n) is 6.01. The minimum atomic E-state index is -2.66. The number of nitrogens with zero attached hydrogens (tertiary/aromatic N) is 3. The largest absolute Gasteiger partial charge is 0.500 e. The highest BCUT2D eigenvalue weighted by Gasteiger charge is 2.37. The molecule has 1 aromatic heterocycles. The van der Waals surface area contributed by atoms with Gasteiger partial charge in [0.15, 0.2) is 0 Å². The van der Waals surface area contributed by atoms with Crippen LogP contribution >= 0.6 is 11.8 Å². The average Bonchev–Trinajstić information content (AvgIpc) is 3.32. The fraction of sp³-hybridized carbons (Fsp3) is 0.864. The van der Waals surface area contributed by atoms with Gasteiger partial charge >= 0.3 is 23.6 Å². The maximum atomic E-state index is 12.9. The number of rotatable bonds is 21. The summed E-state index contributed by atoms with van der Waals surface area (Å²) in [5.74, 6) is 1.46. The van der Waals surface area contributed by atoms with E-state index in [4.69, 9.17) is 26.6 Å². The first-order chi connectivity index (χ1) is 17.4. The summed E-state index contributed by atoms with van der Waals surface area (Å²) >= 11 is 1.52. The van der Waals surface area contributed by atoms with Crippen LogP contribution in [0.4, 0.5) is 4.79 Å². The molecule has 36 heavy (non-hydrogen) atoms. The van der Waals surface area contributed by atoms with Crippen molar-refractivity contribution in [1.82, 2.24) is 20.1 Å². The second-order valence-corrected chi connectivity index (χ2v) is 15.5. The zero-order valence-corrected chi connectivity index (χ0v) is 25.9. The van der Waals surface area contributed by atoms with E-state index in [1.807, 2.05) is 0 Å². The first kappa shape index (κ1) is 33.2. The number of amides is 1. The van der Waals surface area contributed by atoms with Crippen molar-refractivity contribution in [2.24, 2.45) is 0 Å². The SMILES string of the molecule is CCCCCCCc1nc(SCCC[Si](OC)(OC)OC)nn1C(=O)NCCC[Si](OC)(OC)OC. The van der Waals surface area contributed by atoms with Gasteiger partial charge in [-0.2, -0.15) is 4.68 Å². The summed E-state index contributed by atoms with van der Waals surface area (Å²) < 4.78 is 34.2. The first-order valence-electron chi connectivity index (χ1n) is 12.6. The van der Waals surface area contributed by atoms with E-state index in [9.17, 15) is 4.79 Å². The van der Waals surface area contributed by atoms with Crippen LogP contribution in [0.25, 0.3) is 0 Å². The number of carbonyl (C=O) groups excluding carboxylic acids is 1. The highest BCUT2D eigenvalue weighted by atomic mass is 32.2. The van der Waals surface area contributed by atoms with Crippen LogP contribution in [0.5, 0.6) is 0 Å². The van der Waals surface area contributed by atoms with Crippen LogP contribution in [0.15, 0.2) is 5.16 Å². The summed E-state index contributed by atoms with van der Waals surface area (Å²) in [6.07, 6.45) is 7.89. The van der Waals surface area contributed by atoms with Crippen LogP contribution in [0.2, 0.25) is 12.1 Å². The lowest BCUT2D eigenvalue weighted by molar-refractivity contribution is 0.122. The molecular formula is C22H46N4O7SSi2. The standard InChI is InChI=1S/C22H46N4O7SSi2/c1-8-9-10-11-12-15-20-24-21(34-17-14-19-36(31-5,32-6)33-7)25-26(20)22(27)23-16-13-18-35(28-2,29-3)30-4/h8-19H2,1-7H3,(H,23,27). The van der Waals surface area contributed by atoms with E-state index in [0.717, 1.165) is 25.0 Å². The summed E-state index contributed by atoms with van der Waals surface area (Å²) in [5, 5.41) is 8.04. The fourth-order valence-electron chi connectivity index (χ4n) is 3.74. The number of hydrogen-bond donors (Lipinski definition) is 1. The quantitative estimate of drug-likeness (QED) is 0.133. The Morgan fingerprint density at radius 2 is 1.39 bits per heavy atom. The van der Waals surface area contributed by atoms with Crippen molar-refractivity contribution >= 4 is 35.4 Å². The molecule has 14 heteroatoms. The van der Waals surface area contributed by atoms with Crippen molar-refractivity contribution in [2.75, 3.05) is 55.0 Å². The first-order valence-corrected chi connectivity index (χ1v) is 17.4. The van der Waals surface area contributed by atoms with E-state index in [2.05, 4.69) is 22.3 Å². The molecule has 210 valence electrons. The average molecular weight is 567 g/mol. The van der Waals surface area contributed by atoms with E-state index in [1.165, 1.54) is 35.7 Å². The Hall–Kier alpha value is -0.846. The zero-order valence-electron chi connectivity index (χ0n) is 23.1. The summed E-state index contributed by atoms with van der Waals surface area (Å²) in [7, 11) is 4.34. The highest BCUT2D eigenvalue weighted by molar-refractivity contribution is 7.99. The van der Waals surface area contributed by atoms with Gasteiger partial charge < -0.3 is 31.9 Å². The Bertz CT molecular complexity index is 721. The molecule has 1 amide bonds. The van der Waals surface area contributed by atoms with Gasteiger partial charge in [-0.15, -0.1) is 5.10 Å². The zero-order chi connectivity index (χ0) is 26.9. The molecule has 0 saturated heterocycles. The van der Waals surface area contributed by atoms with Crippen LogP contribution in [0, 0.1) is 0 Å². The Kier molecular flexibility index (Phi) is 17.0. The molecule has 0 aliphatic rings. The van der Waals surface area contributed by atoms with Gasteiger partial charge in [-0.3, -0.25) is 0 Å². The van der Waals surface area contributed by atoms with Crippen molar-refractivity contribution in [3.05, 3.63) is 5.82 Å². The van der Waals surface area contributed by atoms with Crippen molar-refractivity contribution < 1.29 is 31.4 Å². The highest BCUT2D eigenvalue weighted by Crippen LogP contribution is 2.21. The molecule has 1 N–H and O–H groups in total. The lowest BCUT2D eigenvalue weighted by Gasteiger charge is -2.24. The Morgan fingerprint density at radius 1 is 0.833 bits per heavy atom. The predicted molar refractivity (Wildman–Crippen MR) is 144 cm³/mol. The lowest BCUT2D eigenvalue weighted by atomic mass is 10.1. The van der Waals surface area contributed by atoms with Crippen molar-refractivity contribution in [3.8, 4) is 0 Å². The molecule has 1 rings (SSSR count). The topological polar surface area (TPSA) is 115 Å². The minimum Gasteiger partial charge on any atom is -0.377 e. The van der Waals surface area contributed by atoms with Gasteiger partial charge in [0.25, 0.3) is 0 Å². The molecule has 0 aromatic carbocycles. The van der Waals surface area contributed by atoms with Gasteiger partial charge in [-0.25, -0.2) is 9.78 Å². The second kappa shape index (κ2) is 18.4. The third-order valence-corrected chi connectivity index (χ3v) is 12.6.